The summed E-state index contributed by atoms with van der Waals surface area (Å²) in [6.07, 6.45) is 3.28. The van der Waals surface area contributed by atoms with Gasteiger partial charge in [-0.25, -0.2) is 9.97 Å². The number of likely N-dealkylation sites (N-methyl/N-ethyl adjacent to an activating group) is 1. The van der Waals surface area contributed by atoms with Crippen molar-refractivity contribution in [2.75, 3.05) is 31.6 Å². The maximum atomic E-state index is 11.7. The molecule has 110 valence electrons. The molecule has 0 saturated carbocycles. The van der Waals surface area contributed by atoms with Crippen LogP contribution in [0.2, 0.25) is 0 Å². The van der Waals surface area contributed by atoms with Gasteiger partial charge in [0.1, 0.15) is 12.1 Å². The first-order valence-electron chi connectivity index (χ1n) is 7.35. The molecule has 1 amide bonds. The first kappa shape index (κ1) is 13.8. The number of aromatic nitrogens is 2. The number of anilines is 1. The highest BCUT2D eigenvalue weighted by Crippen LogP contribution is 2.23. The molecule has 1 aliphatic rings. The predicted molar refractivity (Wildman–Crippen MR) is 83.4 cm³/mol. The van der Waals surface area contributed by atoms with Gasteiger partial charge < -0.3 is 9.80 Å². The third-order valence-electron chi connectivity index (χ3n) is 4.01. The monoisotopic (exact) mass is 284 g/mol. The summed E-state index contributed by atoms with van der Waals surface area (Å²) < 4.78 is 0. The van der Waals surface area contributed by atoms with Gasteiger partial charge in [-0.3, -0.25) is 4.79 Å². The van der Waals surface area contributed by atoms with E-state index in [2.05, 4.69) is 33.9 Å². The van der Waals surface area contributed by atoms with E-state index in [0.717, 1.165) is 42.8 Å². The van der Waals surface area contributed by atoms with Crippen LogP contribution in [0.4, 0.5) is 5.82 Å². The number of amides is 1. The van der Waals surface area contributed by atoms with Crippen LogP contribution in [0.1, 0.15) is 18.4 Å². The average molecular weight is 284 g/mol. The molecule has 21 heavy (non-hydrogen) atoms. The molecule has 1 saturated heterocycles. The summed E-state index contributed by atoms with van der Waals surface area (Å²) in [4.78, 5) is 24.4. The van der Waals surface area contributed by atoms with Crippen LogP contribution in [0.25, 0.3) is 10.9 Å². The number of fused-ring (bicyclic) bond motifs is 1. The minimum atomic E-state index is 0.270. The van der Waals surface area contributed by atoms with Crippen LogP contribution in [0.3, 0.4) is 0 Å². The highest BCUT2D eigenvalue weighted by molar-refractivity contribution is 5.89. The second kappa shape index (κ2) is 5.68. The van der Waals surface area contributed by atoms with Crippen molar-refractivity contribution in [3.8, 4) is 0 Å². The summed E-state index contributed by atoms with van der Waals surface area (Å²) in [5, 5.41) is 1.06. The number of carbonyl (C=O) groups is 1. The van der Waals surface area contributed by atoms with Gasteiger partial charge >= 0.3 is 0 Å². The molecule has 5 heteroatoms. The van der Waals surface area contributed by atoms with E-state index in [1.54, 1.807) is 6.33 Å². The molecular weight excluding hydrogens is 264 g/mol. The van der Waals surface area contributed by atoms with Crippen molar-refractivity contribution in [2.24, 2.45) is 0 Å². The van der Waals surface area contributed by atoms with Crippen LogP contribution in [0, 0.1) is 6.92 Å². The maximum Gasteiger partial charge on any atom is 0.222 e. The van der Waals surface area contributed by atoms with Crippen molar-refractivity contribution in [3.05, 3.63) is 30.1 Å². The summed E-state index contributed by atoms with van der Waals surface area (Å²) in [5.41, 5.74) is 2.15. The lowest BCUT2D eigenvalue weighted by atomic mass is 10.1. The Balaban J connectivity index is 1.79. The molecule has 1 aromatic carbocycles. The highest BCUT2D eigenvalue weighted by Gasteiger charge is 2.20. The van der Waals surface area contributed by atoms with Gasteiger partial charge in [-0.15, -0.1) is 0 Å². The predicted octanol–water partition coefficient (Wildman–Crippen LogP) is 2.00. The Labute approximate surface area is 124 Å². The van der Waals surface area contributed by atoms with Gasteiger partial charge in [-0.2, -0.15) is 0 Å². The fraction of sp³-hybridized carbons (Fsp3) is 0.438. The number of nitrogens with zero attached hydrogens (tertiary/aromatic N) is 4. The highest BCUT2D eigenvalue weighted by atomic mass is 16.2. The lowest BCUT2D eigenvalue weighted by molar-refractivity contribution is -0.127. The van der Waals surface area contributed by atoms with Crippen LogP contribution in [-0.4, -0.2) is 47.5 Å². The zero-order chi connectivity index (χ0) is 14.8. The van der Waals surface area contributed by atoms with Gasteiger partial charge in [-0.1, -0.05) is 11.6 Å². The molecule has 2 heterocycles. The lowest BCUT2D eigenvalue weighted by Crippen LogP contribution is -2.34. The van der Waals surface area contributed by atoms with Crippen LogP contribution < -0.4 is 4.90 Å². The summed E-state index contributed by atoms with van der Waals surface area (Å²) in [5.74, 6) is 1.20. The summed E-state index contributed by atoms with van der Waals surface area (Å²) in [7, 11) is 2.02. The molecule has 2 aromatic rings. The zero-order valence-electron chi connectivity index (χ0n) is 12.5. The number of carbonyl (C=O) groups excluding carboxylic acids is 1. The first-order valence-corrected chi connectivity index (χ1v) is 7.35. The normalized spacial score (nSPS) is 15.0. The lowest BCUT2D eigenvalue weighted by Gasteiger charge is -2.23. The van der Waals surface area contributed by atoms with Gasteiger partial charge in [0.2, 0.25) is 5.91 Å². The molecule has 0 atom stereocenters. The van der Waals surface area contributed by atoms with Gasteiger partial charge in [0.25, 0.3) is 0 Å². The zero-order valence-corrected chi connectivity index (χ0v) is 12.5. The molecule has 3 rings (SSSR count). The second-order valence-corrected chi connectivity index (χ2v) is 5.62. The van der Waals surface area contributed by atoms with E-state index >= 15 is 0 Å². The molecular formula is C16H20N4O. The van der Waals surface area contributed by atoms with E-state index in [9.17, 15) is 4.79 Å². The minimum absolute atomic E-state index is 0.270. The number of rotatable bonds is 4. The largest absolute Gasteiger partial charge is 0.357 e. The summed E-state index contributed by atoms with van der Waals surface area (Å²) in [6, 6.07) is 6.19. The topological polar surface area (TPSA) is 49.3 Å². The standard InChI is InChI=1S/C16H20N4O/c1-12-5-6-14-13(10-12)16(18-11-17-14)19(2)8-9-20-7-3-4-15(20)21/h5-6,10-11H,3-4,7-9H2,1-2H3. The van der Waals surface area contributed by atoms with E-state index in [0.29, 0.717) is 6.42 Å². The van der Waals surface area contributed by atoms with Crippen LogP contribution in [-0.2, 0) is 4.79 Å². The third kappa shape index (κ3) is 2.82. The Morgan fingerprint density at radius 3 is 2.95 bits per heavy atom. The summed E-state index contributed by atoms with van der Waals surface area (Å²) in [6.45, 7) is 4.49. The number of aryl methyl sites for hydroxylation is 1. The van der Waals surface area contributed by atoms with Crippen molar-refractivity contribution >= 4 is 22.6 Å². The number of benzene rings is 1. The SMILES string of the molecule is Cc1ccc2ncnc(N(C)CCN3CCCC3=O)c2c1. The molecule has 0 N–H and O–H groups in total. The Hall–Kier alpha value is -2.17. The fourth-order valence-corrected chi connectivity index (χ4v) is 2.78. The molecule has 1 aliphatic heterocycles. The Kier molecular flexibility index (Phi) is 3.73. The van der Waals surface area contributed by atoms with E-state index in [1.165, 1.54) is 5.56 Å². The Bertz CT molecular complexity index is 670. The van der Waals surface area contributed by atoms with Gasteiger partial charge in [-0.05, 0) is 25.5 Å². The summed E-state index contributed by atoms with van der Waals surface area (Å²) >= 11 is 0. The van der Waals surface area contributed by atoms with Crippen LogP contribution in [0.5, 0.6) is 0 Å². The van der Waals surface area contributed by atoms with E-state index in [-0.39, 0.29) is 5.91 Å². The smallest absolute Gasteiger partial charge is 0.222 e. The second-order valence-electron chi connectivity index (χ2n) is 5.62. The minimum Gasteiger partial charge on any atom is -0.357 e. The molecule has 1 fully saturated rings. The van der Waals surface area contributed by atoms with Crippen LogP contribution in [0.15, 0.2) is 24.5 Å². The quantitative estimate of drug-likeness (QED) is 0.861. The molecule has 5 nitrogen and oxygen atoms in total. The molecule has 0 spiro atoms. The van der Waals surface area contributed by atoms with Gasteiger partial charge in [0.15, 0.2) is 0 Å². The van der Waals surface area contributed by atoms with E-state index < -0.39 is 0 Å². The van der Waals surface area contributed by atoms with Crippen molar-refractivity contribution in [3.63, 3.8) is 0 Å². The van der Waals surface area contributed by atoms with Crippen LogP contribution >= 0.6 is 0 Å². The van der Waals surface area contributed by atoms with E-state index in [1.807, 2.05) is 18.0 Å². The number of hydrogen-bond acceptors (Lipinski definition) is 4. The van der Waals surface area contributed by atoms with Crippen molar-refractivity contribution in [2.45, 2.75) is 19.8 Å². The van der Waals surface area contributed by atoms with E-state index in [4.69, 9.17) is 0 Å². The number of hydrogen-bond donors (Lipinski definition) is 0. The molecule has 0 unspecified atom stereocenters. The molecule has 1 aromatic heterocycles. The van der Waals surface area contributed by atoms with Crippen molar-refractivity contribution in [1.82, 2.24) is 14.9 Å². The molecule has 0 bridgehead atoms. The Morgan fingerprint density at radius 2 is 2.19 bits per heavy atom. The van der Waals surface area contributed by atoms with Crippen molar-refractivity contribution in [1.29, 1.82) is 0 Å². The first-order chi connectivity index (χ1) is 10.1. The molecule has 0 aliphatic carbocycles. The Morgan fingerprint density at radius 1 is 1.33 bits per heavy atom. The fourth-order valence-electron chi connectivity index (χ4n) is 2.78. The van der Waals surface area contributed by atoms with Gasteiger partial charge in [0.05, 0.1) is 5.52 Å². The van der Waals surface area contributed by atoms with Gasteiger partial charge in [0, 0.05) is 38.5 Å². The maximum absolute atomic E-state index is 11.7. The number of likely N-dealkylation sites (tertiary alicyclic amines) is 1. The third-order valence-corrected chi connectivity index (χ3v) is 4.01. The average Bonchev–Trinajstić information content (AvgIpc) is 2.89. The van der Waals surface area contributed by atoms with Crippen molar-refractivity contribution < 1.29 is 4.79 Å². The molecule has 0 radical (unpaired) electrons.